The van der Waals surface area contributed by atoms with E-state index in [4.69, 9.17) is 16.3 Å². The van der Waals surface area contributed by atoms with Gasteiger partial charge in [-0.3, -0.25) is 0 Å². The van der Waals surface area contributed by atoms with Crippen LogP contribution in [0.2, 0.25) is 5.02 Å². The first-order chi connectivity index (χ1) is 18.5. The topological polar surface area (TPSA) is 63.6 Å². The number of hydrogen-bond acceptors (Lipinski definition) is 4. The predicted octanol–water partition coefficient (Wildman–Crippen LogP) is 7.38. The number of thiophene rings is 1. The Hall–Kier alpha value is -3.55. The summed E-state index contributed by atoms with van der Waals surface area (Å²) in [5.41, 5.74) is 5.75. The molecule has 8 heteroatoms. The van der Waals surface area contributed by atoms with E-state index in [2.05, 4.69) is 28.2 Å². The van der Waals surface area contributed by atoms with Gasteiger partial charge in [-0.25, -0.2) is 9.59 Å². The molecule has 38 heavy (non-hydrogen) atoms. The van der Waals surface area contributed by atoms with Crippen molar-refractivity contribution in [2.45, 2.75) is 45.2 Å². The monoisotopic (exact) mass is 545 g/mol. The van der Waals surface area contributed by atoms with Crippen LogP contribution >= 0.6 is 22.9 Å². The van der Waals surface area contributed by atoms with Crippen molar-refractivity contribution in [3.8, 4) is 5.00 Å². The quantitative estimate of drug-likeness (QED) is 0.272. The SMILES string of the molecule is CCOC(=O)c1ccc(NC(=O)N2Cc3c(sc4c3CCCC4)-n3cccc3C2c2ccc(Cl)cc2)cc1. The third-order valence-corrected chi connectivity index (χ3v) is 8.86. The number of nitrogens with one attached hydrogen (secondary N) is 1. The number of esters is 1. The zero-order valence-electron chi connectivity index (χ0n) is 21.1. The van der Waals surface area contributed by atoms with Crippen molar-refractivity contribution in [1.82, 2.24) is 9.47 Å². The van der Waals surface area contributed by atoms with Crippen molar-refractivity contribution in [3.05, 3.63) is 105 Å². The van der Waals surface area contributed by atoms with Gasteiger partial charge in [0.1, 0.15) is 5.00 Å². The highest BCUT2D eigenvalue weighted by Crippen LogP contribution is 2.44. The predicted molar refractivity (Wildman–Crippen MR) is 151 cm³/mol. The number of rotatable bonds is 4. The minimum atomic E-state index is -0.379. The molecular formula is C30H28ClN3O3S. The third kappa shape index (κ3) is 4.50. The fourth-order valence-electron chi connectivity index (χ4n) is 5.48. The van der Waals surface area contributed by atoms with E-state index in [9.17, 15) is 9.59 Å². The summed E-state index contributed by atoms with van der Waals surface area (Å²) in [6.45, 7) is 2.59. The molecule has 0 saturated carbocycles. The van der Waals surface area contributed by atoms with E-state index in [1.54, 1.807) is 31.2 Å². The van der Waals surface area contributed by atoms with E-state index in [-0.39, 0.29) is 18.0 Å². The Morgan fingerprint density at radius 2 is 1.79 bits per heavy atom. The van der Waals surface area contributed by atoms with Crippen LogP contribution in [0.3, 0.4) is 0 Å². The second-order valence-electron chi connectivity index (χ2n) is 9.61. The van der Waals surface area contributed by atoms with Gasteiger partial charge in [0.2, 0.25) is 0 Å². The molecule has 1 aliphatic heterocycles. The minimum Gasteiger partial charge on any atom is -0.462 e. The molecule has 0 saturated heterocycles. The Balaban J connectivity index is 1.40. The summed E-state index contributed by atoms with van der Waals surface area (Å²) in [6, 6.07) is 18.2. The van der Waals surface area contributed by atoms with Crippen molar-refractivity contribution in [2.24, 2.45) is 0 Å². The van der Waals surface area contributed by atoms with Crippen LogP contribution in [0.1, 0.15) is 63.4 Å². The minimum absolute atomic E-state index is 0.204. The number of urea groups is 1. The summed E-state index contributed by atoms with van der Waals surface area (Å²) >= 11 is 8.09. The Morgan fingerprint density at radius 1 is 1.03 bits per heavy atom. The van der Waals surface area contributed by atoms with Crippen molar-refractivity contribution >= 4 is 40.6 Å². The largest absolute Gasteiger partial charge is 0.462 e. The average molecular weight is 546 g/mol. The molecule has 2 amide bonds. The number of aromatic nitrogens is 1. The number of ether oxygens (including phenoxy) is 1. The molecule has 0 radical (unpaired) electrons. The zero-order valence-corrected chi connectivity index (χ0v) is 22.6. The summed E-state index contributed by atoms with van der Waals surface area (Å²) in [6.07, 6.45) is 6.64. The maximum Gasteiger partial charge on any atom is 0.338 e. The molecule has 2 aromatic heterocycles. The van der Waals surface area contributed by atoms with E-state index in [1.165, 1.54) is 33.8 Å². The molecule has 6 rings (SSSR count). The maximum atomic E-state index is 14.0. The van der Waals surface area contributed by atoms with Crippen LogP contribution in [0.15, 0.2) is 66.9 Å². The number of nitrogens with zero attached hydrogens (tertiary/aromatic N) is 2. The standard InChI is InChI=1S/C30H28ClN3O3S/c1-2-37-29(35)20-11-15-22(16-12-20)32-30(36)34-18-24-23-6-3-4-8-26(23)38-28(24)33-17-5-7-25(33)27(34)19-9-13-21(31)14-10-19/h5,7,9-17,27H,2-4,6,8,18H2,1H3,(H,32,36). The van der Waals surface area contributed by atoms with Crippen molar-refractivity contribution in [2.75, 3.05) is 11.9 Å². The number of fused-ring (bicyclic) bond motifs is 5. The summed E-state index contributed by atoms with van der Waals surface area (Å²) in [7, 11) is 0. The molecule has 4 aromatic rings. The first-order valence-electron chi connectivity index (χ1n) is 12.9. The zero-order chi connectivity index (χ0) is 26.2. The van der Waals surface area contributed by atoms with Crippen molar-refractivity contribution in [1.29, 1.82) is 0 Å². The highest BCUT2D eigenvalue weighted by Gasteiger charge is 2.36. The van der Waals surface area contributed by atoms with Gasteiger partial charge in [-0.1, -0.05) is 23.7 Å². The van der Waals surface area contributed by atoms with Gasteiger partial charge in [0.25, 0.3) is 0 Å². The second-order valence-corrected chi connectivity index (χ2v) is 11.1. The van der Waals surface area contributed by atoms with E-state index < -0.39 is 0 Å². The van der Waals surface area contributed by atoms with Crippen LogP contribution in [0, 0.1) is 0 Å². The average Bonchev–Trinajstić information content (AvgIpc) is 3.52. The Labute approximate surface area is 230 Å². The molecule has 1 atom stereocenters. The first-order valence-corrected chi connectivity index (χ1v) is 14.1. The molecule has 6 nitrogen and oxygen atoms in total. The van der Waals surface area contributed by atoms with E-state index >= 15 is 0 Å². The van der Waals surface area contributed by atoms with Crippen LogP contribution in [-0.2, 0) is 24.1 Å². The summed E-state index contributed by atoms with van der Waals surface area (Å²) < 4.78 is 7.34. The van der Waals surface area contributed by atoms with Gasteiger partial charge in [-0.15, -0.1) is 11.3 Å². The molecule has 1 aliphatic carbocycles. The molecule has 0 fully saturated rings. The van der Waals surface area contributed by atoms with Gasteiger partial charge in [0.05, 0.1) is 30.5 Å². The number of amides is 2. The van der Waals surface area contributed by atoms with Crippen LogP contribution < -0.4 is 5.32 Å². The molecule has 3 heterocycles. The van der Waals surface area contributed by atoms with Crippen LogP contribution in [-0.4, -0.2) is 28.1 Å². The summed E-state index contributed by atoms with van der Waals surface area (Å²) in [4.78, 5) is 29.4. The number of benzene rings is 2. The molecule has 2 aliphatic rings. The highest BCUT2D eigenvalue weighted by molar-refractivity contribution is 7.15. The molecule has 1 unspecified atom stereocenters. The lowest BCUT2D eigenvalue weighted by Crippen LogP contribution is -2.38. The van der Waals surface area contributed by atoms with Gasteiger partial charge in [0.15, 0.2) is 0 Å². The molecule has 0 spiro atoms. The Bertz CT molecular complexity index is 1490. The molecule has 0 bridgehead atoms. The van der Waals surface area contributed by atoms with E-state index in [0.29, 0.717) is 29.4 Å². The van der Waals surface area contributed by atoms with Gasteiger partial charge < -0.3 is 19.5 Å². The fourth-order valence-corrected chi connectivity index (χ4v) is 7.01. The number of anilines is 1. The van der Waals surface area contributed by atoms with Crippen LogP contribution in [0.5, 0.6) is 0 Å². The normalized spacial score (nSPS) is 16.2. The van der Waals surface area contributed by atoms with Gasteiger partial charge >= 0.3 is 12.0 Å². The van der Waals surface area contributed by atoms with Gasteiger partial charge in [-0.05, 0) is 92.3 Å². The Morgan fingerprint density at radius 3 is 2.55 bits per heavy atom. The van der Waals surface area contributed by atoms with E-state index in [1.807, 2.05) is 40.5 Å². The van der Waals surface area contributed by atoms with Crippen LogP contribution in [0.25, 0.3) is 5.00 Å². The number of carbonyl (C=O) groups is 2. The molecular weight excluding hydrogens is 518 g/mol. The molecule has 1 N–H and O–H groups in total. The smallest absolute Gasteiger partial charge is 0.338 e. The maximum absolute atomic E-state index is 14.0. The van der Waals surface area contributed by atoms with Crippen molar-refractivity contribution < 1.29 is 14.3 Å². The van der Waals surface area contributed by atoms with Gasteiger partial charge in [-0.2, -0.15) is 0 Å². The lowest BCUT2D eigenvalue weighted by molar-refractivity contribution is 0.0526. The fraction of sp³-hybridized carbons (Fsp3) is 0.267. The summed E-state index contributed by atoms with van der Waals surface area (Å²) in [5.74, 6) is -0.379. The number of hydrogen-bond donors (Lipinski definition) is 1. The Kier molecular flexibility index (Phi) is 6.72. The molecule has 194 valence electrons. The highest BCUT2D eigenvalue weighted by atomic mass is 35.5. The number of aryl methyl sites for hydroxylation is 1. The van der Waals surface area contributed by atoms with E-state index in [0.717, 1.165) is 24.1 Å². The van der Waals surface area contributed by atoms with Gasteiger partial charge in [0, 0.05) is 27.3 Å². The third-order valence-electron chi connectivity index (χ3n) is 7.27. The van der Waals surface area contributed by atoms with Crippen molar-refractivity contribution in [3.63, 3.8) is 0 Å². The lowest BCUT2D eigenvalue weighted by atomic mass is 9.95. The first kappa shape index (κ1) is 24.8. The van der Waals surface area contributed by atoms with Crippen LogP contribution in [0.4, 0.5) is 10.5 Å². The number of carbonyl (C=O) groups excluding carboxylic acids is 2. The summed E-state index contributed by atoms with van der Waals surface area (Å²) in [5, 5.41) is 4.95. The number of halogens is 1. The lowest BCUT2D eigenvalue weighted by Gasteiger charge is -2.31. The molecule has 2 aromatic carbocycles. The second kappa shape index (κ2) is 10.3.